The first kappa shape index (κ1) is 20.4. The molecule has 1 aliphatic rings. The maximum absolute atomic E-state index is 12.2. The number of benzene rings is 2. The quantitative estimate of drug-likeness (QED) is 0.550. The molecule has 5 nitrogen and oxygen atoms in total. The molecule has 156 valence electrons. The number of aryl methyl sites for hydroxylation is 1. The maximum atomic E-state index is 12.2. The fourth-order valence-corrected chi connectivity index (χ4v) is 4.08. The molecule has 4 rings (SSSR count). The molecule has 1 fully saturated rings. The molecule has 0 amide bonds. The molecule has 2 aromatic carbocycles. The van der Waals surface area contributed by atoms with Gasteiger partial charge in [-0.05, 0) is 62.6 Å². The van der Waals surface area contributed by atoms with Crippen molar-refractivity contribution in [1.82, 2.24) is 14.7 Å². The monoisotopic (exact) mass is 403 g/mol. The first-order valence-corrected chi connectivity index (χ1v) is 10.7. The highest BCUT2D eigenvalue weighted by Gasteiger charge is 2.19. The van der Waals surface area contributed by atoms with Crippen LogP contribution in [0.15, 0.2) is 65.5 Å². The van der Waals surface area contributed by atoms with E-state index in [2.05, 4.69) is 16.9 Å². The van der Waals surface area contributed by atoms with Crippen LogP contribution in [0.1, 0.15) is 26.2 Å². The minimum atomic E-state index is -0.120. The highest BCUT2D eigenvalue weighted by atomic mass is 16.5. The lowest BCUT2D eigenvalue weighted by molar-refractivity contribution is 0.230. The minimum Gasteiger partial charge on any atom is -0.494 e. The molecule has 1 aliphatic heterocycles. The number of hydrogen-bond donors (Lipinski definition) is 0. The second kappa shape index (κ2) is 9.26. The summed E-state index contributed by atoms with van der Waals surface area (Å²) in [5.74, 6) is 0.860. The van der Waals surface area contributed by atoms with Crippen molar-refractivity contribution in [2.75, 3.05) is 19.7 Å². The van der Waals surface area contributed by atoms with Crippen molar-refractivity contribution in [3.05, 3.63) is 71.0 Å². The van der Waals surface area contributed by atoms with E-state index < -0.39 is 0 Å². The van der Waals surface area contributed by atoms with Gasteiger partial charge >= 0.3 is 0 Å². The summed E-state index contributed by atoms with van der Waals surface area (Å²) in [7, 11) is 1.68. The van der Waals surface area contributed by atoms with Gasteiger partial charge in [-0.25, -0.2) is 4.68 Å². The Balaban J connectivity index is 1.46. The van der Waals surface area contributed by atoms with Crippen molar-refractivity contribution in [3.8, 4) is 28.1 Å². The first-order valence-electron chi connectivity index (χ1n) is 10.7. The zero-order valence-electron chi connectivity index (χ0n) is 17.8. The third-order valence-electron chi connectivity index (χ3n) is 5.85. The van der Waals surface area contributed by atoms with Crippen molar-refractivity contribution in [2.24, 2.45) is 7.05 Å². The molecule has 0 saturated carbocycles. The summed E-state index contributed by atoms with van der Waals surface area (Å²) in [5.41, 5.74) is 3.45. The summed E-state index contributed by atoms with van der Waals surface area (Å²) in [4.78, 5) is 14.7. The van der Waals surface area contributed by atoms with Crippen molar-refractivity contribution < 1.29 is 4.74 Å². The van der Waals surface area contributed by atoms with Crippen LogP contribution in [0, 0.1) is 0 Å². The van der Waals surface area contributed by atoms with Crippen LogP contribution < -0.4 is 10.3 Å². The molecule has 30 heavy (non-hydrogen) atoms. The van der Waals surface area contributed by atoms with Crippen LogP contribution in [0.3, 0.4) is 0 Å². The number of likely N-dealkylation sites (tertiary alicyclic amines) is 1. The molecular weight excluding hydrogens is 374 g/mol. The largest absolute Gasteiger partial charge is 0.494 e. The molecule has 1 atom stereocenters. The summed E-state index contributed by atoms with van der Waals surface area (Å²) < 4.78 is 7.33. The predicted molar refractivity (Wildman–Crippen MR) is 121 cm³/mol. The van der Waals surface area contributed by atoms with Gasteiger partial charge in [0.15, 0.2) is 0 Å². The van der Waals surface area contributed by atoms with Gasteiger partial charge in [-0.1, -0.05) is 30.3 Å². The zero-order chi connectivity index (χ0) is 20.9. The maximum Gasteiger partial charge on any atom is 0.267 e. The second-order valence-corrected chi connectivity index (χ2v) is 7.99. The van der Waals surface area contributed by atoms with E-state index in [0.29, 0.717) is 6.04 Å². The topological polar surface area (TPSA) is 47.4 Å². The Labute approximate surface area is 177 Å². The number of aromatic nitrogens is 2. The average molecular weight is 404 g/mol. The Kier molecular flexibility index (Phi) is 6.29. The van der Waals surface area contributed by atoms with E-state index in [1.54, 1.807) is 13.1 Å². The normalized spacial score (nSPS) is 16.7. The number of rotatable bonds is 7. The van der Waals surface area contributed by atoms with E-state index in [1.807, 2.05) is 54.6 Å². The van der Waals surface area contributed by atoms with Gasteiger partial charge in [-0.3, -0.25) is 4.79 Å². The summed E-state index contributed by atoms with van der Waals surface area (Å²) in [6.07, 6.45) is 3.66. The standard InChI is InChI=1S/C25H29N3O2/c1-19-8-6-15-28(19)16-7-17-30-22-13-11-21(12-14-22)25-23(18-24(29)27(2)26-25)20-9-4-3-5-10-20/h3-5,9-14,18-19H,6-8,15-17H2,1-2H3/t19-/m1/s1. The Bertz CT molecular complexity index is 1030. The molecular formula is C25H29N3O2. The highest BCUT2D eigenvalue weighted by Crippen LogP contribution is 2.30. The van der Waals surface area contributed by atoms with Crippen molar-refractivity contribution >= 4 is 0 Å². The Morgan fingerprint density at radius 2 is 1.83 bits per heavy atom. The first-order chi connectivity index (χ1) is 14.6. The molecule has 1 saturated heterocycles. The summed E-state index contributed by atoms with van der Waals surface area (Å²) >= 11 is 0. The van der Waals surface area contributed by atoms with Crippen molar-refractivity contribution in [2.45, 2.75) is 32.2 Å². The van der Waals surface area contributed by atoms with Gasteiger partial charge in [0.25, 0.3) is 5.56 Å². The van der Waals surface area contributed by atoms with Crippen LogP contribution >= 0.6 is 0 Å². The SMILES string of the molecule is C[C@@H]1CCCN1CCCOc1ccc(-c2nn(C)c(=O)cc2-c2ccccc2)cc1. The van der Waals surface area contributed by atoms with Gasteiger partial charge in [-0.15, -0.1) is 0 Å². The van der Waals surface area contributed by atoms with Crippen LogP contribution in [-0.2, 0) is 7.05 Å². The van der Waals surface area contributed by atoms with E-state index in [4.69, 9.17) is 4.74 Å². The van der Waals surface area contributed by atoms with Crippen molar-refractivity contribution in [3.63, 3.8) is 0 Å². The van der Waals surface area contributed by atoms with E-state index in [0.717, 1.165) is 47.7 Å². The fraction of sp³-hybridized carbons (Fsp3) is 0.360. The van der Waals surface area contributed by atoms with E-state index >= 15 is 0 Å². The Morgan fingerprint density at radius 3 is 2.53 bits per heavy atom. The fourth-order valence-electron chi connectivity index (χ4n) is 4.08. The minimum absolute atomic E-state index is 0.120. The van der Waals surface area contributed by atoms with Gasteiger partial charge in [0, 0.05) is 36.8 Å². The highest BCUT2D eigenvalue weighted by molar-refractivity contribution is 5.80. The van der Waals surface area contributed by atoms with Crippen LogP contribution in [0.5, 0.6) is 5.75 Å². The summed E-state index contributed by atoms with van der Waals surface area (Å²) in [5, 5.41) is 4.53. The van der Waals surface area contributed by atoms with Crippen LogP contribution in [0.4, 0.5) is 0 Å². The van der Waals surface area contributed by atoms with Gasteiger partial charge < -0.3 is 9.64 Å². The van der Waals surface area contributed by atoms with Crippen molar-refractivity contribution in [1.29, 1.82) is 0 Å². The molecule has 0 unspecified atom stereocenters. The van der Waals surface area contributed by atoms with Crippen LogP contribution in [-0.4, -0.2) is 40.4 Å². The van der Waals surface area contributed by atoms with E-state index in [1.165, 1.54) is 24.1 Å². The predicted octanol–water partition coefficient (Wildman–Crippen LogP) is 4.37. The van der Waals surface area contributed by atoms with E-state index in [9.17, 15) is 4.79 Å². The average Bonchev–Trinajstić information content (AvgIpc) is 3.18. The van der Waals surface area contributed by atoms with Gasteiger partial charge in [0.2, 0.25) is 0 Å². The lowest BCUT2D eigenvalue weighted by atomic mass is 10.00. The molecule has 0 bridgehead atoms. The molecule has 0 spiro atoms. The van der Waals surface area contributed by atoms with Crippen LogP contribution in [0.25, 0.3) is 22.4 Å². The Hall–Kier alpha value is -2.92. The molecule has 3 aromatic rings. The van der Waals surface area contributed by atoms with Gasteiger partial charge in [0.05, 0.1) is 12.3 Å². The Morgan fingerprint density at radius 1 is 1.07 bits per heavy atom. The summed E-state index contributed by atoms with van der Waals surface area (Å²) in [6.45, 7) is 5.34. The summed E-state index contributed by atoms with van der Waals surface area (Å²) in [6, 6.07) is 20.2. The number of ether oxygens (including phenoxy) is 1. The van der Waals surface area contributed by atoms with Gasteiger partial charge in [-0.2, -0.15) is 5.10 Å². The third kappa shape index (κ3) is 4.62. The second-order valence-electron chi connectivity index (χ2n) is 7.99. The molecule has 0 radical (unpaired) electrons. The lowest BCUT2D eigenvalue weighted by Crippen LogP contribution is -2.28. The van der Waals surface area contributed by atoms with Crippen LogP contribution in [0.2, 0.25) is 0 Å². The number of hydrogen-bond acceptors (Lipinski definition) is 4. The lowest BCUT2D eigenvalue weighted by Gasteiger charge is -2.20. The zero-order valence-corrected chi connectivity index (χ0v) is 17.8. The molecule has 0 aliphatic carbocycles. The molecule has 5 heteroatoms. The third-order valence-corrected chi connectivity index (χ3v) is 5.85. The molecule has 2 heterocycles. The molecule has 1 aromatic heterocycles. The van der Waals surface area contributed by atoms with E-state index in [-0.39, 0.29) is 5.56 Å². The smallest absolute Gasteiger partial charge is 0.267 e. The number of nitrogens with zero attached hydrogens (tertiary/aromatic N) is 3. The van der Waals surface area contributed by atoms with Gasteiger partial charge in [0.1, 0.15) is 5.75 Å². The molecule has 0 N–H and O–H groups in total.